The minimum Gasteiger partial charge on any atom is -0.762 e. The molecule has 0 aromatic rings. The Morgan fingerprint density at radius 2 is 1.83 bits per heavy atom. The molecule has 0 aromatic heterocycles. The number of hydrogen-bond donors (Lipinski definition) is 0. The molecular weight excluding hydrogens is 246 g/mol. The molecule has 0 N–H and O–H groups in total. The molecule has 0 saturated carbocycles. The van der Waals surface area contributed by atoms with Crippen LogP contribution in [0.25, 0.3) is 0 Å². The van der Waals surface area contributed by atoms with Crippen LogP contribution in [-0.2, 0) is 17.1 Å². The van der Waals surface area contributed by atoms with Crippen molar-refractivity contribution in [1.82, 2.24) is 0 Å². The fourth-order valence-corrected chi connectivity index (χ4v) is 0. The van der Waals surface area contributed by atoms with E-state index in [9.17, 15) is 8.76 Å². The maximum absolute atomic E-state index is 9.43. The van der Waals surface area contributed by atoms with Crippen LogP contribution in [-0.4, -0.2) is 8.76 Å². The van der Waals surface area contributed by atoms with Crippen molar-refractivity contribution in [3.63, 3.8) is 0 Å². The average molecular weight is 246 g/mol. The normalized spacial score (nSPS) is 17.7. The molecule has 0 aliphatic rings. The Bertz CT molecular complexity index is 94.7. The molecule has 1 unspecified atom stereocenters. The summed E-state index contributed by atoms with van der Waals surface area (Å²) < 4.78 is 18.9. The Morgan fingerprint density at radius 3 is 1.83 bits per heavy atom. The van der Waals surface area contributed by atoms with Crippen LogP contribution in [0.1, 0.15) is 0 Å². The first-order valence-corrected chi connectivity index (χ1v) is 5.61. The second-order valence-corrected chi connectivity index (χ2v) is 7.77. The Hall–Kier alpha value is 2.06. The van der Waals surface area contributed by atoms with Crippen LogP contribution >= 0.6 is 21.2 Å². The van der Waals surface area contributed by atoms with Crippen LogP contribution in [0, 0.1) is 0 Å². The van der Waals surface area contributed by atoms with Gasteiger partial charge in [0.2, 0.25) is 0 Å². The zero-order valence-electron chi connectivity index (χ0n) is 3.01. The molecule has 0 aliphatic carbocycles. The van der Waals surface area contributed by atoms with Crippen LogP contribution < -0.4 is 29.6 Å². The molecular formula is INaO2S2. The minimum atomic E-state index is -3.11. The van der Waals surface area contributed by atoms with E-state index in [1.165, 1.54) is 0 Å². The molecule has 6 heteroatoms. The maximum Gasteiger partial charge on any atom is 1.00 e. The van der Waals surface area contributed by atoms with Crippen LogP contribution in [0.4, 0.5) is 0 Å². The Morgan fingerprint density at radius 1 is 1.83 bits per heavy atom. The summed E-state index contributed by atoms with van der Waals surface area (Å²) in [5, 5.41) is 0. The number of rotatable bonds is 0. The molecule has 0 amide bonds. The molecule has 0 rings (SSSR count). The third-order valence-electron chi connectivity index (χ3n) is 0. The van der Waals surface area contributed by atoms with E-state index in [1.807, 2.05) is 0 Å². The summed E-state index contributed by atoms with van der Waals surface area (Å²) in [7, 11) is 0. The van der Waals surface area contributed by atoms with E-state index >= 15 is 0 Å². The van der Waals surface area contributed by atoms with Crippen molar-refractivity contribution in [2.75, 3.05) is 0 Å². The van der Waals surface area contributed by atoms with Gasteiger partial charge in [0.25, 0.3) is 0 Å². The van der Waals surface area contributed by atoms with E-state index in [0.29, 0.717) is 0 Å². The molecule has 0 aliphatic heterocycles. The van der Waals surface area contributed by atoms with Crippen LogP contribution in [0.3, 0.4) is 0 Å². The molecule has 0 fully saturated rings. The van der Waals surface area contributed by atoms with Gasteiger partial charge in [0.05, 0.1) is 0 Å². The van der Waals surface area contributed by atoms with Gasteiger partial charge in [-0.2, -0.15) is 0 Å². The van der Waals surface area contributed by atoms with E-state index in [2.05, 4.69) is 11.2 Å². The monoisotopic (exact) mass is 246 g/mol. The van der Waals surface area contributed by atoms with Crippen LogP contribution in [0.5, 0.6) is 0 Å². The summed E-state index contributed by atoms with van der Waals surface area (Å²) >= 11 is 4.95. The first-order valence-electron chi connectivity index (χ1n) is 0.654. The van der Waals surface area contributed by atoms with E-state index in [1.54, 1.807) is 0 Å². The summed E-state index contributed by atoms with van der Waals surface area (Å²) in [5.74, 6) is -3.11. The summed E-state index contributed by atoms with van der Waals surface area (Å²) in [6.07, 6.45) is 0. The molecule has 0 saturated heterocycles. The van der Waals surface area contributed by atoms with Crippen molar-refractivity contribution in [3.8, 4) is 0 Å². The molecule has 6 heavy (non-hydrogen) atoms. The van der Waals surface area contributed by atoms with Gasteiger partial charge in [-0.25, -0.2) is 0 Å². The van der Waals surface area contributed by atoms with Gasteiger partial charge in [0.1, 0.15) is 0 Å². The fourth-order valence-electron chi connectivity index (χ4n) is 0. The molecule has 0 bridgehead atoms. The van der Waals surface area contributed by atoms with Crippen molar-refractivity contribution in [3.05, 3.63) is 0 Å². The average Bonchev–Trinajstić information content (AvgIpc) is 0.722. The van der Waals surface area contributed by atoms with Crippen molar-refractivity contribution >= 4 is 38.3 Å². The molecule has 0 radical (unpaired) electrons. The van der Waals surface area contributed by atoms with Crippen LogP contribution in [0.15, 0.2) is 0 Å². The summed E-state index contributed by atoms with van der Waals surface area (Å²) in [4.78, 5) is 0. The summed E-state index contributed by atoms with van der Waals surface area (Å²) in [6.45, 7) is 0. The van der Waals surface area contributed by atoms with E-state index < -0.39 is 5.94 Å². The van der Waals surface area contributed by atoms with E-state index in [-0.39, 0.29) is 29.6 Å². The SMILES string of the molecule is O=S([O-])(=S)I.[Na+]. The van der Waals surface area contributed by atoms with Gasteiger partial charge in [0.15, 0.2) is 0 Å². The standard InChI is InChI=1S/HIO2S2.Na/c1-5(2,3)4;/h(H,2,3,4);/q;+1/p-1. The second-order valence-electron chi connectivity index (χ2n) is 0.393. The predicted molar refractivity (Wildman–Crippen MR) is 30.3 cm³/mol. The molecule has 32 valence electrons. The Balaban J connectivity index is 0. The van der Waals surface area contributed by atoms with Gasteiger partial charge < -0.3 is 4.55 Å². The number of halogens is 1. The number of hydrogen-bond acceptors (Lipinski definition) is 3. The van der Waals surface area contributed by atoms with Gasteiger partial charge in [-0.05, 0) is 11.2 Å². The zero-order valence-corrected chi connectivity index (χ0v) is 8.80. The smallest absolute Gasteiger partial charge is 0.762 e. The molecule has 0 heterocycles. The van der Waals surface area contributed by atoms with Crippen LogP contribution in [0.2, 0.25) is 0 Å². The van der Waals surface area contributed by atoms with Crippen molar-refractivity contribution in [2.24, 2.45) is 0 Å². The fraction of sp³-hybridized carbons (Fsp3) is 0. The van der Waals surface area contributed by atoms with Crippen molar-refractivity contribution in [2.45, 2.75) is 0 Å². The second kappa shape index (κ2) is 3.99. The first kappa shape index (κ1) is 10.9. The topological polar surface area (TPSA) is 40.1 Å². The zero-order chi connectivity index (χ0) is 4.50. The van der Waals surface area contributed by atoms with Gasteiger partial charge in [0, 0.05) is 27.1 Å². The maximum atomic E-state index is 9.43. The van der Waals surface area contributed by atoms with Gasteiger partial charge in [-0.1, -0.05) is 0 Å². The largest absolute Gasteiger partial charge is 1.00 e. The predicted octanol–water partition coefficient (Wildman–Crippen LogP) is -2.78. The molecule has 0 spiro atoms. The molecule has 2 nitrogen and oxygen atoms in total. The van der Waals surface area contributed by atoms with Crippen molar-refractivity contribution in [1.29, 1.82) is 0 Å². The summed E-state index contributed by atoms with van der Waals surface area (Å²) in [5.41, 5.74) is 0. The van der Waals surface area contributed by atoms with Gasteiger partial charge in [-0.15, -0.1) is 0 Å². The molecule has 0 aromatic carbocycles. The van der Waals surface area contributed by atoms with Crippen molar-refractivity contribution < 1.29 is 38.3 Å². The Kier molecular flexibility index (Phi) is 7.28. The third kappa shape index (κ3) is 36.6. The Labute approximate surface area is 75.5 Å². The first-order chi connectivity index (χ1) is 2.00. The van der Waals surface area contributed by atoms with Gasteiger partial charge in [-0.3, -0.25) is 4.21 Å². The van der Waals surface area contributed by atoms with E-state index in [0.717, 1.165) is 21.2 Å². The van der Waals surface area contributed by atoms with E-state index in [4.69, 9.17) is 0 Å². The third-order valence-corrected chi connectivity index (χ3v) is 0. The van der Waals surface area contributed by atoms with Gasteiger partial charge >= 0.3 is 29.6 Å². The quantitative estimate of drug-likeness (QED) is 0.264. The molecule has 1 atom stereocenters. The minimum absolute atomic E-state index is 0. The summed E-state index contributed by atoms with van der Waals surface area (Å²) in [6, 6.07) is 0.